The molecule has 0 radical (unpaired) electrons. The van der Waals surface area contributed by atoms with E-state index in [0.29, 0.717) is 45.1 Å². The van der Waals surface area contributed by atoms with E-state index in [1.165, 1.54) is 0 Å². The smallest absolute Gasteiger partial charge is 0.344 e. The van der Waals surface area contributed by atoms with Crippen LogP contribution in [-0.4, -0.2) is 11.8 Å². The molecule has 0 spiro atoms. The second-order valence-corrected chi connectivity index (χ2v) is 7.52. The quantitative estimate of drug-likeness (QED) is 0.384. The molecule has 4 aromatic rings. The lowest BCUT2D eigenvalue weighted by Gasteiger charge is -2.11. The molecule has 3 aromatic carbocycles. The zero-order valence-corrected chi connectivity index (χ0v) is 17.9. The molecule has 160 valence electrons. The van der Waals surface area contributed by atoms with Gasteiger partial charge in [0, 0.05) is 23.1 Å². The highest BCUT2D eigenvalue weighted by Crippen LogP contribution is 2.27. The summed E-state index contributed by atoms with van der Waals surface area (Å²) < 4.78 is 5.40. The minimum atomic E-state index is -0.483. The SMILES string of the molecule is CCC(=O)Nc1ccc(Cl)c(NC(=O)c2cccc(-c3cc4ccccc4oc3=O)c2)c1. The van der Waals surface area contributed by atoms with Crippen LogP contribution in [0.5, 0.6) is 0 Å². The standard InChI is InChI=1S/C25H19ClN2O4/c1-2-23(29)27-18-10-11-20(26)21(14-18)28-24(30)17-8-5-7-15(12-17)19-13-16-6-3-4-9-22(16)32-25(19)31/h3-14H,2H2,1H3,(H,27,29)(H,28,30). The number of amides is 2. The number of nitrogens with one attached hydrogen (secondary N) is 2. The number of rotatable bonds is 5. The second-order valence-electron chi connectivity index (χ2n) is 7.12. The van der Waals surface area contributed by atoms with Gasteiger partial charge < -0.3 is 15.1 Å². The van der Waals surface area contributed by atoms with Crippen LogP contribution in [0.3, 0.4) is 0 Å². The van der Waals surface area contributed by atoms with E-state index in [1.54, 1.807) is 67.6 Å². The topological polar surface area (TPSA) is 88.4 Å². The molecule has 1 heterocycles. The Morgan fingerprint density at radius 3 is 2.56 bits per heavy atom. The monoisotopic (exact) mass is 446 g/mol. The Kier molecular flexibility index (Phi) is 6.05. The lowest BCUT2D eigenvalue weighted by Crippen LogP contribution is -2.14. The van der Waals surface area contributed by atoms with Crippen LogP contribution in [0.15, 0.2) is 82.0 Å². The maximum atomic E-state index is 12.9. The predicted octanol–water partition coefficient (Wildman–Crippen LogP) is 5.71. The summed E-state index contributed by atoms with van der Waals surface area (Å²) in [7, 11) is 0. The van der Waals surface area contributed by atoms with Gasteiger partial charge in [0.2, 0.25) is 5.91 Å². The third-order valence-corrected chi connectivity index (χ3v) is 5.23. The van der Waals surface area contributed by atoms with E-state index in [4.69, 9.17) is 16.0 Å². The largest absolute Gasteiger partial charge is 0.422 e. The van der Waals surface area contributed by atoms with Crippen molar-refractivity contribution in [3.05, 3.63) is 93.8 Å². The number of fused-ring (bicyclic) bond motifs is 1. The van der Waals surface area contributed by atoms with Crippen molar-refractivity contribution in [2.75, 3.05) is 10.6 Å². The van der Waals surface area contributed by atoms with Crippen molar-refractivity contribution >= 4 is 45.8 Å². The molecule has 0 aliphatic carbocycles. The van der Waals surface area contributed by atoms with Crippen molar-refractivity contribution < 1.29 is 14.0 Å². The van der Waals surface area contributed by atoms with Gasteiger partial charge in [0.1, 0.15) is 5.58 Å². The van der Waals surface area contributed by atoms with Crippen molar-refractivity contribution in [2.24, 2.45) is 0 Å². The van der Waals surface area contributed by atoms with Crippen molar-refractivity contribution in [1.82, 2.24) is 0 Å². The lowest BCUT2D eigenvalue weighted by atomic mass is 10.0. The molecule has 0 fully saturated rings. The first-order chi connectivity index (χ1) is 15.4. The highest BCUT2D eigenvalue weighted by molar-refractivity contribution is 6.34. The third kappa shape index (κ3) is 4.55. The molecule has 0 aliphatic rings. The van der Waals surface area contributed by atoms with Gasteiger partial charge >= 0.3 is 5.63 Å². The van der Waals surface area contributed by atoms with Gasteiger partial charge in [-0.2, -0.15) is 0 Å². The fourth-order valence-electron chi connectivity index (χ4n) is 3.23. The van der Waals surface area contributed by atoms with Crippen LogP contribution in [0.1, 0.15) is 23.7 Å². The Labute approximate surface area is 188 Å². The molecule has 2 N–H and O–H groups in total. The maximum Gasteiger partial charge on any atom is 0.344 e. The van der Waals surface area contributed by atoms with Crippen LogP contribution >= 0.6 is 11.6 Å². The van der Waals surface area contributed by atoms with E-state index in [-0.39, 0.29) is 5.91 Å². The van der Waals surface area contributed by atoms with Gasteiger partial charge in [-0.15, -0.1) is 0 Å². The summed E-state index contributed by atoms with van der Waals surface area (Å²) >= 11 is 6.22. The number of benzene rings is 3. The molecule has 0 atom stereocenters. The molecular formula is C25H19ClN2O4. The first-order valence-corrected chi connectivity index (χ1v) is 10.4. The highest BCUT2D eigenvalue weighted by atomic mass is 35.5. The fourth-order valence-corrected chi connectivity index (χ4v) is 3.40. The summed E-state index contributed by atoms with van der Waals surface area (Å²) in [5.41, 5.74) is 2.17. The molecule has 7 heteroatoms. The predicted molar refractivity (Wildman–Crippen MR) is 126 cm³/mol. The number of halogens is 1. The van der Waals surface area contributed by atoms with Gasteiger partial charge in [0.05, 0.1) is 16.3 Å². The molecule has 6 nitrogen and oxygen atoms in total. The van der Waals surface area contributed by atoms with Crippen LogP contribution in [0.2, 0.25) is 5.02 Å². The molecule has 4 rings (SSSR count). The van der Waals surface area contributed by atoms with Gasteiger partial charge in [-0.1, -0.05) is 48.9 Å². The molecule has 1 aromatic heterocycles. The molecule has 2 amide bonds. The fraction of sp³-hybridized carbons (Fsp3) is 0.0800. The highest BCUT2D eigenvalue weighted by Gasteiger charge is 2.13. The van der Waals surface area contributed by atoms with Gasteiger partial charge in [0.25, 0.3) is 5.91 Å². The third-order valence-electron chi connectivity index (χ3n) is 4.90. The van der Waals surface area contributed by atoms with E-state index >= 15 is 0 Å². The van der Waals surface area contributed by atoms with Crippen LogP contribution in [0.25, 0.3) is 22.1 Å². The average molecular weight is 447 g/mol. The summed E-state index contributed by atoms with van der Waals surface area (Å²) in [4.78, 5) is 37.0. The van der Waals surface area contributed by atoms with E-state index in [2.05, 4.69) is 10.6 Å². The minimum Gasteiger partial charge on any atom is -0.422 e. The van der Waals surface area contributed by atoms with Crippen molar-refractivity contribution in [3.63, 3.8) is 0 Å². The average Bonchev–Trinajstić information content (AvgIpc) is 2.80. The second kappa shape index (κ2) is 9.08. The van der Waals surface area contributed by atoms with E-state index in [1.807, 2.05) is 12.1 Å². The zero-order valence-electron chi connectivity index (χ0n) is 17.1. The summed E-state index contributed by atoms with van der Waals surface area (Å²) in [5, 5.41) is 6.61. The van der Waals surface area contributed by atoms with Crippen LogP contribution in [0.4, 0.5) is 11.4 Å². The molecule has 0 aliphatic heterocycles. The summed E-state index contributed by atoms with van der Waals surface area (Å²) in [5.74, 6) is -0.551. The first-order valence-electron chi connectivity index (χ1n) is 9.98. The number of hydrogen-bond donors (Lipinski definition) is 2. The summed E-state index contributed by atoms with van der Waals surface area (Å²) in [6.07, 6.45) is 0.333. The summed E-state index contributed by atoms with van der Waals surface area (Å²) in [6, 6.07) is 20.5. The van der Waals surface area contributed by atoms with Crippen LogP contribution in [-0.2, 0) is 4.79 Å². The number of carbonyl (C=O) groups excluding carboxylic acids is 2. The molecule has 0 saturated carbocycles. The molecule has 0 unspecified atom stereocenters. The molecule has 32 heavy (non-hydrogen) atoms. The molecule has 0 bridgehead atoms. The Balaban J connectivity index is 1.62. The van der Waals surface area contributed by atoms with Crippen molar-refractivity contribution in [1.29, 1.82) is 0 Å². The first kappa shape index (κ1) is 21.3. The summed E-state index contributed by atoms with van der Waals surface area (Å²) in [6.45, 7) is 1.75. The van der Waals surface area contributed by atoms with Crippen molar-refractivity contribution in [2.45, 2.75) is 13.3 Å². The molecule has 0 saturated heterocycles. The van der Waals surface area contributed by atoms with E-state index < -0.39 is 11.5 Å². The maximum absolute atomic E-state index is 12.9. The number of anilines is 2. The van der Waals surface area contributed by atoms with Crippen LogP contribution < -0.4 is 16.3 Å². The van der Waals surface area contributed by atoms with Crippen molar-refractivity contribution in [3.8, 4) is 11.1 Å². The number of para-hydroxylation sites is 1. The van der Waals surface area contributed by atoms with Gasteiger partial charge in [-0.3, -0.25) is 9.59 Å². The number of carbonyl (C=O) groups is 2. The molecular weight excluding hydrogens is 428 g/mol. The van der Waals surface area contributed by atoms with E-state index in [9.17, 15) is 14.4 Å². The normalized spacial score (nSPS) is 10.7. The number of hydrogen-bond acceptors (Lipinski definition) is 4. The van der Waals surface area contributed by atoms with Gasteiger partial charge in [-0.25, -0.2) is 4.79 Å². The Morgan fingerprint density at radius 1 is 0.938 bits per heavy atom. The lowest BCUT2D eigenvalue weighted by molar-refractivity contribution is -0.115. The van der Waals surface area contributed by atoms with Crippen LogP contribution in [0, 0.1) is 0 Å². The van der Waals surface area contributed by atoms with Gasteiger partial charge in [-0.05, 0) is 48.0 Å². The Morgan fingerprint density at radius 2 is 1.75 bits per heavy atom. The minimum absolute atomic E-state index is 0.147. The zero-order chi connectivity index (χ0) is 22.7. The van der Waals surface area contributed by atoms with E-state index in [0.717, 1.165) is 5.39 Å². The Bertz CT molecular complexity index is 1390. The Hall–Kier alpha value is -3.90. The van der Waals surface area contributed by atoms with Gasteiger partial charge in [0.15, 0.2) is 0 Å².